The normalized spacial score (nSPS) is 37.3. The Morgan fingerprint density at radius 1 is 1.21 bits per heavy atom. The van der Waals surface area contributed by atoms with Crippen LogP contribution in [-0.4, -0.2) is 23.4 Å². The zero-order valence-corrected chi connectivity index (χ0v) is 9.17. The van der Waals surface area contributed by atoms with E-state index in [1.54, 1.807) is 0 Å². The molecule has 1 N–H and O–H groups in total. The predicted molar refractivity (Wildman–Crippen MR) is 56.2 cm³/mol. The summed E-state index contributed by atoms with van der Waals surface area (Å²) in [4.78, 5) is 0. The van der Waals surface area contributed by atoms with Crippen molar-refractivity contribution in [2.24, 2.45) is 5.92 Å². The van der Waals surface area contributed by atoms with E-state index in [2.05, 4.69) is 6.92 Å². The highest BCUT2D eigenvalue weighted by molar-refractivity contribution is 4.91. The van der Waals surface area contributed by atoms with Crippen molar-refractivity contribution in [1.29, 1.82) is 0 Å². The Balaban J connectivity index is 1.96. The van der Waals surface area contributed by atoms with E-state index in [0.717, 1.165) is 19.4 Å². The lowest BCUT2D eigenvalue weighted by molar-refractivity contribution is -0.152. The number of aliphatic hydroxyl groups excluding tert-OH is 1. The minimum Gasteiger partial charge on any atom is -0.390 e. The van der Waals surface area contributed by atoms with Gasteiger partial charge in [0, 0.05) is 6.61 Å². The smallest absolute Gasteiger partial charge is 0.0914 e. The molecule has 0 aromatic carbocycles. The lowest BCUT2D eigenvalue weighted by Crippen LogP contribution is -2.47. The molecule has 0 spiro atoms. The first-order valence-electron chi connectivity index (χ1n) is 6.04. The van der Waals surface area contributed by atoms with Crippen LogP contribution in [0.25, 0.3) is 0 Å². The van der Waals surface area contributed by atoms with E-state index in [-0.39, 0.29) is 11.7 Å². The molecule has 2 aliphatic rings. The van der Waals surface area contributed by atoms with Gasteiger partial charge in [0.15, 0.2) is 0 Å². The largest absolute Gasteiger partial charge is 0.390 e. The highest BCUT2D eigenvalue weighted by Crippen LogP contribution is 2.37. The quantitative estimate of drug-likeness (QED) is 0.738. The number of hydrogen-bond donors (Lipinski definition) is 1. The van der Waals surface area contributed by atoms with Gasteiger partial charge in [0.2, 0.25) is 0 Å². The Kier molecular flexibility index (Phi) is 3.13. The van der Waals surface area contributed by atoms with Crippen LogP contribution >= 0.6 is 0 Å². The van der Waals surface area contributed by atoms with Crippen LogP contribution in [-0.2, 0) is 4.74 Å². The van der Waals surface area contributed by atoms with Crippen molar-refractivity contribution in [1.82, 2.24) is 0 Å². The predicted octanol–water partition coefficient (Wildman–Crippen LogP) is 2.50. The molecular formula is C12H22O2. The SMILES string of the molecule is CC1(C(O)C2CCCC2)CCCCO1. The summed E-state index contributed by atoms with van der Waals surface area (Å²) in [7, 11) is 0. The van der Waals surface area contributed by atoms with Gasteiger partial charge >= 0.3 is 0 Å². The van der Waals surface area contributed by atoms with Gasteiger partial charge < -0.3 is 9.84 Å². The average Bonchev–Trinajstić information content (AvgIpc) is 2.70. The Morgan fingerprint density at radius 3 is 2.50 bits per heavy atom. The first kappa shape index (κ1) is 10.4. The maximum absolute atomic E-state index is 10.3. The summed E-state index contributed by atoms with van der Waals surface area (Å²) in [6.45, 7) is 2.93. The van der Waals surface area contributed by atoms with Crippen LogP contribution in [0.15, 0.2) is 0 Å². The van der Waals surface area contributed by atoms with Gasteiger partial charge in [0.25, 0.3) is 0 Å². The van der Waals surface area contributed by atoms with E-state index in [0.29, 0.717) is 5.92 Å². The van der Waals surface area contributed by atoms with Crippen LogP contribution < -0.4 is 0 Å². The van der Waals surface area contributed by atoms with Crippen LogP contribution in [0.1, 0.15) is 51.9 Å². The molecule has 2 atom stereocenters. The molecule has 2 fully saturated rings. The van der Waals surface area contributed by atoms with E-state index in [4.69, 9.17) is 4.74 Å². The Hall–Kier alpha value is -0.0800. The Labute approximate surface area is 86.6 Å². The number of aliphatic hydroxyl groups is 1. The molecule has 0 aromatic heterocycles. The molecule has 2 heteroatoms. The second-order valence-electron chi connectivity index (χ2n) is 5.11. The Bertz CT molecular complexity index is 179. The molecule has 2 unspecified atom stereocenters. The number of rotatable bonds is 2. The minimum absolute atomic E-state index is 0.231. The fourth-order valence-electron chi connectivity index (χ4n) is 2.96. The summed E-state index contributed by atoms with van der Waals surface area (Å²) in [5, 5.41) is 10.3. The molecule has 1 saturated carbocycles. The zero-order chi connectivity index (χ0) is 10.0. The lowest BCUT2D eigenvalue weighted by atomic mass is 9.82. The first-order chi connectivity index (χ1) is 6.72. The average molecular weight is 198 g/mol. The van der Waals surface area contributed by atoms with Gasteiger partial charge in [-0.3, -0.25) is 0 Å². The highest BCUT2D eigenvalue weighted by atomic mass is 16.5. The van der Waals surface area contributed by atoms with Crippen molar-refractivity contribution in [2.45, 2.75) is 63.6 Å². The molecule has 2 rings (SSSR count). The third-order valence-corrected chi connectivity index (χ3v) is 3.97. The fourth-order valence-corrected chi connectivity index (χ4v) is 2.96. The second kappa shape index (κ2) is 4.19. The van der Waals surface area contributed by atoms with Crippen LogP contribution in [0.3, 0.4) is 0 Å². The first-order valence-corrected chi connectivity index (χ1v) is 6.04. The van der Waals surface area contributed by atoms with Crippen molar-refractivity contribution in [3.8, 4) is 0 Å². The van der Waals surface area contributed by atoms with Gasteiger partial charge in [0.1, 0.15) is 0 Å². The summed E-state index contributed by atoms with van der Waals surface area (Å²) in [5.74, 6) is 0.498. The molecule has 1 heterocycles. The number of hydrogen-bond acceptors (Lipinski definition) is 2. The maximum Gasteiger partial charge on any atom is 0.0914 e. The van der Waals surface area contributed by atoms with Gasteiger partial charge in [-0.2, -0.15) is 0 Å². The van der Waals surface area contributed by atoms with Crippen molar-refractivity contribution < 1.29 is 9.84 Å². The van der Waals surface area contributed by atoms with Gasteiger partial charge in [-0.25, -0.2) is 0 Å². The standard InChI is InChI=1S/C12H22O2/c1-12(8-4-5-9-14-12)11(13)10-6-2-3-7-10/h10-11,13H,2-9H2,1H3. The summed E-state index contributed by atoms with van der Waals surface area (Å²) in [6, 6.07) is 0. The monoisotopic (exact) mass is 198 g/mol. The Morgan fingerprint density at radius 2 is 1.93 bits per heavy atom. The van der Waals surface area contributed by atoms with Gasteiger partial charge in [-0.05, 0) is 44.9 Å². The van der Waals surface area contributed by atoms with Crippen LogP contribution in [0.4, 0.5) is 0 Å². The van der Waals surface area contributed by atoms with Gasteiger partial charge in [0.05, 0.1) is 11.7 Å². The zero-order valence-electron chi connectivity index (χ0n) is 9.17. The molecule has 0 aromatic rings. The third kappa shape index (κ3) is 1.96. The second-order valence-corrected chi connectivity index (χ2v) is 5.11. The van der Waals surface area contributed by atoms with Crippen LogP contribution in [0.5, 0.6) is 0 Å². The van der Waals surface area contributed by atoms with E-state index in [9.17, 15) is 5.11 Å². The van der Waals surface area contributed by atoms with Crippen molar-refractivity contribution in [3.63, 3.8) is 0 Å². The van der Waals surface area contributed by atoms with E-state index >= 15 is 0 Å². The maximum atomic E-state index is 10.3. The fraction of sp³-hybridized carbons (Fsp3) is 1.00. The molecule has 1 saturated heterocycles. The molecule has 0 amide bonds. The summed E-state index contributed by atoms with van der Waals surface area (Å²) in [5.41, 5.74) is -0.243. The van der Waals surface area contributed by atoms with Gasteiger partial charge in [-0.15, -0.1) is 0 Å². The van der Waals surface area contributed by atoms with Crippen LogP contribution in [0.2, 0.25) is 0 Å². The van der Waals surface area contributed by atoms with E-state index in [1.165, 1.54) is 32.1 Å². The molecule has 1 aliphatic carbocycles. The van der Waals surface area contributed by atoms with E-state index in [1.807, 2.05) is 0 Å². The molecule has 0 bridgehead atoms. The van der Waals surface area contributed by atoms with Crippen molar-refractivity contribution >= 4 is 0 Å². The lowest BCUT2D eigenvalue weighted by Gasteiger charge is -2.40. The molecule has 0 radical (unpaired) electrons. The molecular weight excluding hydrogens is 176 g/mol. The third-order valence-electron chi connectivity index (χ3n) is 3.97. The molecule has 1 aliphatic heterocycles. The van der Waals surface area contributed by atoms with Crippen molar-refractivity contribution in [3.05, 3.63) is 0 Å². The van der Waals surface area contributed by atoms with E-state index < -0.39 is 0 Å². The minimum atomic E-state index is -0.243. The van der Waals surface area contributed by atoms with Crippen LogP contribution in [0, 0.1) is 5.92 Å². The highest BCUT2D eigenvalue weighted by Gasteiger charge is 2.40. The van der Waals surface area contributed by atoms with Crippen molar-refractivity contribution in [2.75, 3.05) is 6.61 Å². The summed E-state index contributed by atoms with van der Waals surface area (Å²) in [6.07, 6.45) is 8.14. The van der Waals surface area contributed by atoms with Gasteiger partial charge in [-0.1, -0.05) is 12.8 Å². The molecule has 82 valence electrons. The number of ether oxygens (including phenoxy) is 1. The molecule has 2 nitrogen and oxygen atoms in total. The summed E-state index contributed by atoms with van der Waals surface area (Å²) >= 11 is 0. The topological polar surface area (TPSA) is 29.5 Å². The summed E-state index contributed by atoms with van der Waals surface area (Å²) < 4.78 is 5.79. The molecule has 14 heavy (non-hydrogen) atoms.